The van der Waals surface area contributed by atoms with Crippen LogP contribution in [0, 0.1) is 0 Å². The van der Waals surface area contributed by atoms with Crippen LogP contribution in [0.4, 0.5) is 5.82 Å². The number of hydrogen-bond donors (Lipinski definition) is 1. The van der Waals surface area contributed by atoms with E-state index in [1.165, 1.54) is 6.33 Å². The van der Waals surface area contributed by atoms with Crippen molar-refractivity contribution in [3.63, 3.8) is 0 Å². The van der Waals surface area contributed by atoms with Crippen LogP contribution >= 0.6 is 0 Å². The minimum absolute atomic E-state index is 0.346. The molecule has 2 aromatic heterocycles. The van der Waals surface area contributed by atoms with Crippen LogP contribution in [-0.2, 0) is 4.74 Å². The maximum Gasteiger partial charge on any atom is 0.164 e. The number of rotatable bonds is 2. The number of nitrogens with zero attached hydrogens (tertiary/aromatic N) is 3. The van der Waals surface area contributed by atoms with Crippen LogP contribution in [0.5, 0.6) is 0 Å². The first-order chi connectivity index (χ1) is 7.93. The number of ether oxygens (including phenoxy) is 1. The summed E-state index contributed by atoms with van der Waals surface area (Å²) in [5.41, 5.74) is 0.721. The fourth-order valence-corrected chi connectivity index (χ4v) is 1.85. The van der Waals surface area contributed by atoms with E-state index < -0.39 is 0 Å². The van der Waals surface area contributed by atoms with Gasteiger partial charge in [0.25, 0.3) is 0 Å². The Hall–Kier alpha value is -1.75. The van der Waals surface area contributed by atoms with Gasteiger partial charge in [-0.25, -0.2) is 15.0 Å². The van der Waals surface area contributed by atoms with Crippen molar-refractivity contribution in [3.8, 4) is 0 Å². The molecule has 1 saturated heterocycles. The summed E-state index contributed by atoms with van der Waals surface area (Å²) in [5, 5.41) is 4.32. The zero-order valence-corrected chi connectivity index (χ0v) is 8.76. The minimum atomic E-state index is 0.346. The van der Waals surface area contributed by atoms with Crippen molar-refractivity contribution in [2.75, 3.05) is 18.5 Å². The van der Waals surface area contributed by atoms with E-state index in [9.17, 15) is 0 Å². The fourth-order valence-electron chi connectivity index (χ4n) is 1.85. The Morgan fingerprint density at radius 3 is 3.19 bits per heavy atom. The first-order valence-corrected chi connectivity index (χ1v) is 5.33. The second-order valence-corrected chi connectivity index (χ2v) is 3.80. The number of aromatic nitrogens is 3. The summed E-state index contributed by atoms with van der Waals surface area (Å²) in [6, 6.07) is 4.21. The molecule has 1 aliphatic heterocycles. The molecule has 3 heterocycles. The summed E-state index contributed by atoms with van der Waals surface area (Å²) in [7, 11) is 0. The highest BCUT2D eigenvalue weighted by Crippen LogP contribution is 2.19. The average Bonchev–Trinajstić information content (AvgIpc) is 2.82. The molecule has 16 heavy (non-hydrogen) atoms. The van der Waals surface area contributed by atoms with E-state index in [0.717, 1.165) is 36.5 Å². The molecule has 0 aliphatic carbocycles. The molecular weight excluding hydrogens is 204 g/mol. The van der Waals surface area contributed by atoms with Crippen LogP contribution in [0.3, 0.4) is 0 Å². The standard InChI is InChI=1S/C11H12N4O/c1-2-9-10(12-4-1)13-7-14-11(9)15-8-3-5-16-6-8/h1-2,4,7-8H,3,5-6H2,(H,12,13,14,15). The number of fused-ring (bicyclic) bond motifs is 1. The molecule has 1 atom stereocenters. The molecule has 1 aliphatic rings. The van der Waals surface area contributed by atoms with Gasteiger partial charge in [-0.3, -0.25) is 0 Å². The first-order valence-electron chi connectivity index (χ1n) is 5.33. The maximum absolute atomic E-state index is 5.32. The van der Waals surface area contributed by atoms with Crippen LogP contribution in [0.15, 0.2) is 24.7 Å². The van der Waals surface area contributed by atoms with Gasteiger partial charge in [-0.15, -0.1) is 0 Å². The van der Waals surface area contributed by atoms with Crippen LogP contribution in [0.2, 0.25) is 0 Å². The van der Waals surface area contributed by atoms with Crippen LogP contribution in [-0.4, -0.2) is 34.2 Å². The van der Waals surface area contributed by atoms with Gasteiger partial charge < -0.3 is 10.1 Å². The Bertz CT molecular complexity index is 491. The van der Waals surface area contributed by atoms with Crippen LogP contribution in [0.25, 0.3) is 11.0 Å². The van der Waals surface area contributed by atoms with Crippen molar-refractivity contribution < 1.29 is 4.74 Å². The summed E-state index contributed by atoms with van der Waals surface area (Å²) in [6.07, 6.45) is 4.29. The van der Waals surface area contributed by atoms with Gasteiger partial charge in [-0.05, 0) is 18.6 Å². The Morgan fingerprint density at radius 2 is 2.31 bits per heavy atom. The zero-order chi connectivity index (χ0) is 10.8. The number of hydrogen-bond acceptors (Lipinski definition) is 5. The molecule has 5 heteroatoms. The number of anilines is 1. The van der Waals surface area contributed by atoms with Gasteiger partial charge in [0, 0.05) is 12.8 Å². The van der Waals surface area contributed by atoms with Gasteiger partial charge in [0.1, 0.15) is 12.1 Å². The second kappa shape index (κ2) is 4.02. The normalized spacial score (nSPS) is 20.1. The molecule has 1 fully saturated rings. The lowest BCUT2D eigenvalue weighted by Crippen LogP contribution is -2.20. The predicted octanol–water partition coefficient (Wildman–Crippen LogP) is 1.23. The van der Waals surface area contributed by atoms with Gasteiger partial charge in [-0.2, -0.15) is 0 Å². The second-order valence-electron chi connectivity index (χ2n) is 3.80. The molecular formula is C11H12N4O. The number of nitrogens with one attached hydrogen (secondary N) is 1. The Balaban J connectivity index is 1.96. The lowest BCUT2D eigenvalue weighted by molar-refractivity contribution is 0.195. The minimum Gasteiger partial charge on any atom is -0.379 e. The molecule has 0 radical (unpaired) electrons. The molecule has 82 valence electrons. The van der Waals surface area contributed by atoms with E-state index >= 15 is 0 Å². The highest BCUT2D eigenvalue weighted by atomic mass is 16.5. The van der Waals surface area contributed by atoms with Crippen LogP contribution in [0.1, 0.15) is 6.42 Å². The smallest absolute Gasteiger partial charge is 0.164 e. The van der Waals surface area contributed by atoms with E-state index in [1.54, 1.807) is 6.20 Å². The number of pyridine rings is 1. The highest BCUT2D eigenvalue weighted by molar-refractivity contribution is 5.85. The van der Waals surface area contributed by atoms with E-state index in [0.29, 0.717) is 6.04 Å². The Morgan fingerprint density at radius 1 is 1.31 bits per heavy atom. The first kappa shape index (κ1) is 9.47. The van der Waals surface area contributed by atoms with Crippen molar-refractivity contribution in [1.29, 1.82) is 0 Å². The van der Waals surface area contributed by atoms with Crippen molar-refractivity contribution >= 4 is 16.9 Å². The molecule has 0 bridgehead atoms. The zero-order valence-electron chi connectivity index (χ0n) is 8.76. The van der Waals surface area contributed by atoms with E-state index in [1.807, 2.05) is 12.1 Å². The SMILES string of the molecule is c1cnc2ncnc(NC3CCOC3)c2c1. The van der Waals surface area contributed by atoms with Crippen molar-refractivity contribution in [2.24, 2.45) is 0 Å². The molecule has 0 spiro atoms. The quantitative estimate of drug-likeness (QED) is 0.818. The van der Waals surface area contributed by atoms with Crippen molar-refractivity contribution in [3.05, 3.63) is 24.7 Å². The predicted molar refractivity (Wildman–Crippen MR) is 60.2 cm³/mol. The molecule has 0 saturated carbocycles. The van der Waals surface area contributed by atoms with E-state index in [4.69, 9.17) is 4.74 Å². The van der Waals surface area contributed by atoms with Gasteiger partial charge in [-0.1, -0.05) is 0 Å². The van der Waals surface area contributed by atoms with Gasteiger partial charge in [0.15, 0.2) is 5.65 Å². The Kier molecular flexibility index (Phi) is 2.38. The van der Waals surface area contributed by atoms with Crippen molar-refractivity contribution in [2.45, 2.75) is 12.5 Å². The fraction of sp³-hybridized carbons (Fsp3) is 0.364. The molecule has 0 amide bonds. The average molecular weight is 216 g/mol. The van der Waals surface area contributed by atoms with Crippen molar-refractivity contribution in [1.82, 2.24) is 15.0 Å². The topological polar surface area (TPSA) is 59.9 Å². The summed E-state index contributed by atoms with van der Waals surface area (Å²) < 4.78 is 5.32. The van der Waals surface area contributed by atoms with E-state index in [-0.39, 0.29) is 0 Å². The molecule has 1 unspecified atom stereocenters. The molecule has 5 nitrogen and oxygen atoms in total. The largest absolute Gasteiger partial charge is 0.379 e. The third-order valence-corrected chi connectivity index (χ3v) is 2.68. The summed E-state index contributed by atoms with van der Waals surface area (Å²) in [5.74, 6) is 0.841. The molecule has 2 aromatic rings. The monoisotopic (exact) mass is 216 g/mol. The van der Waals surface area contributed by atoms with Crippen LogP contribution < -0.4 is 5.32 Å². The van der Waals surface area contributed by atoms with Gasteiger partial charge in [0.05, 0.1) is 18.0 Å². The lowest BCUT2D eigenvalue weighted by atomic mass is 10.2. The highest BCUT2D eigenvalue weighted by Gasteiger charge is 2.16. The summed E-state index contributed by atoms with van der Waals surface area (Å²) in [4.78, 5) is 12.6. The Labute approximate surface area is 92.9 Å². The lowest BCUT2D eigenvalue weighted by Gasteiger charge is -2.12. The molecule has 1 N–H and O–H groups in total. The summed E-state index contributed by atoms with van der Waals surface area (Å²) >= 11 is 0. The molecule has 0 aromatic carbocycles. The van der Waals surface area contributed by atoms with Gasteiger partial charge in [0.2, 0.25) is 0 Å². The third-order valence-electron chi connectivity index (χ3n) is 2.68. The van der Waals surface area contributed by atoms with Gasteiger partial charge >= 0.3 is 0 Å². The third kappa shape index (κ3) is 1.69. The summed E-state index contributed by atoms with van der Waals surface area (Å²) in [6.45, 7) is 1.56. The molecule has 3 rings (SSSR count). The maximum atomic E-state index is 5.32. The van der Waals surface area contributed by atoms with E-state index in [2.05, 4.69) is 20.3 Å².